The van der Waals surface area contributed by atoms with Gasteiger partial charge in [0.2, 0.25) is 5.91 Å². The Balaban J connectivity index is 2.70. The lowest BCUT2D eigenvalue weighted by atomic mass is 10.0. The van der Waals surface area contributed by atoms with E-state index in [0.717, 1.165) is 11.3 Å². The summed E-state index contributed by atoms with van der Waals surface area (Å²) in [5.41, 5.74) is 7.24. The van der Waals surface area contributed by atoms with Gasteiger partial charge in [0.15, 0.2) is 0 Å². The predicted octanol–water partition coefficient (Wildman–Crippen LogP) is 1.76. The zero-order valence-electron chi connectivity index (χ0n) is 10.3. The summed E-state index contributed by atoms with van der Waals surface area (Å²) in [7, 11) is 0. The van der Waals surface area contributed by atoms with Gasteiger partial charge in [0.25, 0.3) is 0 Å². The molecule has 1 aromatic heterocycles. The number of nitrogens with two attached hydrogens (primary N) is 1. The lowest BCUT2D eigenvalue weighted by molar-refractivity contribution is -0.117. The zero-order chi connectivity index (χ0) is 12.3. The number of rotatable bonds is 3. The van der Waals surface area contributed by atoms with Crippen molar-refractivity contribution in [1.82, 2.24) is 4.98 Å². The average molecular weight is 221 g/mol. The first-order chi connectivity index (χ1) is 7.26. The molecule has 0 aliphatic heterocycles. The van der Waals surface area contributed by atoms with Crippen LogP contribution in [0.15, 0.2) is 12.1 Å². The van der Waals surface area contributed by atoms with Gasteiger partial charge < -0.3 is 11.1 Å². The van der Waals surface area contributed by atoms with Crippen LogP contribution in [0.2, 0.25) is 0 Å². The van der Waals surface area contributed by atoms with Crippen molar-refractivity contribution >= 4 is 11.7 Å². The van der Waals surface area contributed by atoms with E-state index in [-0.39, 0.29) is 12.3 Å². The van der Waals surface area contributed by atoms with Gasteiger partial charge in [-0.3, -0.25) is 4.79 Å². The number of carbonyl (C=O) groups excluding carboxylic acids is 1. The highest BCUT2D eigenvalue weighted by molar-refractivity contribution is 5.90. The minimum Gasteiger partial charge on any atom is -0.325 e. The summed E-state index contributed by atoms with van der Waals surface area (Å²) in [4.78, 5) is 15.9. The molecule has 0 atom stereocenters. The van der Waals surface area contributed by atoms with Crippen LogP contribution in [0, 0.1) is 13.8 Å². The number of nitrogens with zero attached hydrogens (tertiary/aromatic N) is 1. The molecule has 3 N–H and O–H groups in total. The SMILES string of the molecule is Cc1cc(C)nc(NC(=O)CC(C)(C)N)c1. The maximum atomic E-state index is 11.6. The molecule has 1 heterocycles. The van der Waals surface area contributed by atoms with E-state index in [1.807, 2.05) is 39.8 Å². The summed E-state index contributed by atoms with van der Waals surface area (Å²) < 4.78 is 0. The van der Waals surface area contributed by atoms with Crippen LogP contribution in [0.1, 0.15) is 31.5 Å². The Kier molecular flexibility index (Phi) is 3.65. The highest BCUT2D eigenvalue weighted by Gasteiger charge is 2.16. The first-order valence-corrected chi connectivity index (χ1v) is 5.30. The number of hydrogen-bond donors (Lipinski definition) is 2. The third kappa shape index (κ3) is 4.40. The topological polar surface area (TPSA) is 68.0 Å². The molecule has 1 amide bonds. The normalized spacial score (nSPS) is 11.3. The third-order valence-corrected chi connectivity index (χ3v) is 1.98. The molecule has 0 fully saturated rings. The number of carbonyl (C=O) groups is 1. The number of amides is 1. The van der Waals surface area contributed by atoms with Crippen LogP contribution < -0.4 is 11.1 Å². The van der Waals surface area contributed by atoms with E-state index in [0.29, 0.717) is 5.82 Å². The zero-order valence-corrected chi connectivity index (χ0v) is 10.3. The highest BCUT2D eigenvalue weighted by atomic mass is 16.1. The van der Waals surface area contributed by atoms with Crippen LogP contribution in [0.4, 0.5) is 5.82 Å². The van der Waals surface area contributed by atoms with E-state index in [1.165, 1.54) is 0 Å². The molecule has 0 saturated carbocycles. The van der Waals surface area contributed by atoms with Crippen molar-refractivity contribution in [3.8, 4) is 0 Å². The van der Waals surface area contributed by atoms with Gasteiger partial charge >= 0.3 is 0 Å². The Hall–Kier alpha value is -1.42. The Bertz CT molecular complexity index is 373. The smallest absolute Gasteiger partial charge is 0.227 e. The van der Waals surface area contributed by atoms with Gasteiger partial charge in [-0.1, -0.05) is 0 Å². The lowest BCUT2D eigenvalue weighted by Gasteiger charge is -2.17. The van der Waals surface area contributed by atoms with Crippen LogP contribution in [0.3, 0.4) is 0 Å². The number of anilines is 1. The number of hydrogen-bond acceptors (Lipinski definition) is 3. The van der Waals surface area contributed by atoms with Crippen molar-refractivity contribution in [3.05, 3.63) is 23.4 Å². The Morgan fingerprint density at radius 3 is 2.56 bits per heavy atom. The fourth-order valence-corrected chi connectivity index (χ4v) is 1.51. The van der Waals surface area contributed by atoms with Gasteiger partial charge in [0.05, 0.1) is 0 Å². The highest BCUT2D eigenvalue weighted by Crippen LogP contribution is 2.11. The summed E-state index contributed by atoms with van der Waals surface area (Å²) in [6.45, 7) is 7.51. The molecule has 4 nitrogen and oxygen atoms in total. The van der Waals surface area contributed by atoms with Crippen molar-refractivity contribution in [3.63, 3.8) is 0 Å². The first-order valence-electron chi connectivity index (χ1n) is 5.30. The predicted molar refractivity (Wildman–Crippen MR) is 65.2 cm³/mol. The maximum Gasteiger partial charge on any atom is 0.227 e. The van der Waals surface area contributed by atoms with Crippen molar-refractivity contribution in [2.24, 2.45) is 5.73 Å². The molecular weight excluding hydrogens is 202 g/mol. The standard InChI is InChI=1S/C12H19N3O/c1-8-5-9(2)14-10(6-8)15-11(16)7-12(3,4)13/h5-6H,7,13H2,1-4H3,(H,14,15,16). The number of pyridine rings is 1. The summed E-state index contributed by atoms with van der Waals surface area (Å²) in [5.74, 6) is 0.483. The van der Waals surface area contributed by atoms with Crippen LogP contribution in [-0.2, 0) is 4.79 Å². The Morgan fingerprint density at radius 1 is 1.44 bits per heavy atom. The Morgan fingerprint density at radius 2 is 2.06 bits per heavy atom. The van der Waals surface area contributed by atoms with E-state index >= 15 is 0 Å². The second-order valence-electron chi connectivity index (χ2n) is 4.88. The van der Waals surface area contributed by atoms with Crippen molar-refractivity contribution in [2.45, 2.75) is 39.7 Å². The van der Waals surface area contributed by atoms with Gasteiger partial charge in [0.1, 0.15) is 5.82 Å². The molecule has 0 bridgehead atoms. The summed E-state index contributed by atoms with van der Waals surface area (Å²) in [6.07, 6.45) is 0.279. The maximum absolute atomic E-state index is 11.6. The van der Waals surface area contributed by atoms with E-state index in [2.05, 4.69) is 10.3 Å². The van der Waals surface area contributed by atoms with E-state index in [9.17, 15) is 4.79 Å². The number of aromatic nitrogens is 1. The van der Waals surface area contributed by atoms with Crippen molar-refractivity contribution < 1.29 is 4.79 Å². The minimum atomic E-state index is -0.497. The number of aryl methyl sites for hydroxylation is 2. The van der Waals surface area contributed by atoms with Gasteiger partial charge in [-0.15, -0.1) is 0 Å². The average Bonchev–Trinajstić information content (AvgIpc) is 1.96. The van der Waals surface area contributed by atoms with Crippen LogP contribution >= 0.6 is 0 Å². The van der Waals surface area contributed by atoms with E-state index in [1.54, 1.807) is 0 Å². The molecule has 0 saturated heterocycles. The molecule has 16 heavy (non-hydrogen) atoms. The second kappa shape index (κ2) is 4.61. The minimum absolute atomic E-state index is 0.106. The quantitative estimate of drug-likeness (QED) is 0.817. The summed E-state index contributed by atoms with van der Waals surface area (Å²) >= 11 is 0. The molecule has 1 rings (SSSR count). The lowest BCUT2D eigenvalue weighted by Crippen LogP contribution is -2.36. The molecule has 0 radical (unpaired) electrons. The third-order valence-electron chi connectivity index (χ3n) is 1.98. The molecule has 4 heteroatoms. The Labute approximate surface area is 96.3 Å². The fourth-order valence-electron chi connectivity index (χ4n) is 1.51. The summed E-state index contributed by atoms with van der Waals surface area (Å²) in [5, 5.41) is 2.75. The van der Waals surface area contributed by atoms with Crippen LogP contribution in [0.25, 0.3) is 0 Å². The van der Waals surface area contributed by atoms with E-state index in [4.69, 9.17) is 5.73 Å². The number of nitrogens with one attached hydrogen (secondary N) is 1. The molecule has 0 aromatic carbocycles. The molecule has 0 aliphatic carbocycles. The van der Waals surface area contributed by atoms with Gasteiger partial charge in [-0.2, -0.15) is 0 Å². The van der Waals surface area contributed by atoms with Gasteiger partial charge in [-0.05, 0) is 45.4 Å². The molecule has 0 unspecified atom stereocenters. The second-order valence-corrected chi connectivity index (χ2v) is 4.88. The molecular formula is C12H19N3O. The molecule has 0 aliphatic rings. The first kappa shape index (κ1) is 12.6. The van der Waals surface area contributed by atoms with Gasteiger partial charge in [-0.25, -0.2) is 4.98 Å². The van der Waals surface area contributed by atoms with Crippen molar-refractivity contribution in [2.75, 3.05) is 5.32 Å². The van der Waals surface area contributed by atoms with Crippen LogP contribution in [0.5, 0.6) is 0 Å². The van der Waals surface area contributed by atoms with Gasteiger partial charge in [0, 0.05) is 17.7 Å². The fraction of sp³-hybridized carbons (Fsp3) is 0.500. The summed E-state index contributed by atoms with van der Waals surface area (Å²) in [6, 6.07) is 3.80. The molecule has 0 spiro atoms. The monoisotopic (exact) mass is 221 g/mol. The van der Waals surface area contributed by atoms with Crippen molar-refractivity contribution in [1.29, 1.82) is 0 Å². The van der Waals surface area contributed by atoms with Crippen LogP contribution in [-0.4, -0.2) is 16.4 Å². The molecule has 88 valence electrons. The van der Waals surface area contributed by atoms with E-state index < -0.39 is 5.54 Å². The molecule has 1 aromatic rings. The largest absolute Gasteiger partial charge is 0.325 e.